The van der Waals surface area contributed by atoms with Crippen LogP contribution in [0.25, 0.3) is 0 Å². The number of hydrogen-bond donors (Lipinski definition) is 1. The Hall–Kier alpha value is -2.25. The van der Waals surface area contributed by atoms with E-state index in [0.717, 1.165) is 4.90 Å². The molecule has 0 saturated heterocycles. The number of halogens is 4. The zero-order valence-corrected chi connectivity index (χ0v) is 15.3. The minimum atomic E-state index is -4.57. The third kappa shape index (κ3) is 3.75. The van der Waals surface area contributed by atoms with Crippen molar-refractivity contribution < 1.29 is 22.7 Å². The van der Waals surface area contributed by atoms with Crippen molar-refractivity contribution in [2.24, 2.45) is 0 Å². The maximum absolute atomic E-state index is 13.4. The topological polar surface area (TPSA) is 41.6 Å². The van der Waals surface area contributed by atoms with Crippen LogP contribution >= 0.6 is 11.6 Å². The van der Waals surface area contributed by atoms with Crippen LogP contribution in [0.3, 0.4) is 0 Å². The van der Waals surface area contributed by atoms with E-state index in [1.165, 1.54) is 7.11 Å². The van der Waals surface area contributed by atoms with E-state index in [0.29, 0.717) is 21.8 Å². The molecule has 1 aliphatic rings. The summed E-state index contributed by atoms with van der Waals surface area (Å²) in [4.78, 5) is 13.5. The van der Waals surface area contributed by atoms with Crippen LogP contribution in [0.1, 0.15) is 17.5 Å². The number of carbonyl (C=O) groups excluding carboxylic acids is 1. The number of urea groups is 1. The molecule has 8 heteroatoms. The number of amides is 2. The first-order valence-electron chi connectivity index (χ1n) is 8.28. The summed E-state index contributed by atoms with van der Waals surface area (Å²) in [6.07, 6.45) is -4.43. The number of hydrogen-bond acceptors (Lipinski definition) is 2. The summed E-state index contributed by atoms with van der Waals surface area (Å²) in [7, 11) is 1.47. The van der Waals surface area contributed by atoms with Gasteiger partial charge in [0.2, 0.25) is 0 Å². The summed E-state index contributed by atoms with van der Waals surface area (Å²) in [5.41, 5.74) is 0.129. The number of benzene rings is 2. The van der Waals surface area contributed by atoms with E-state index in [1.54, 1.807) is 48.5 Å². The van der Waals surface area contributed by atoms with Gasteiger partial charge >= 0.3 is 12.2 Å². The molecule has 1 N–H and O–H groups in total. The minimum absolute atomic E-state index is 0.143. The molecule has 0 bridgehead atoms. The van der Waals surface area contributed by atoms with Crippen LogP contribution in [0.15, 0.2) is 48.5 Å². The maximum atomic E-state index is 13.4. The normalized spacial score (nSPS) is 19.6. The highest BCUT2D eigenvalue weighted by atomic mass is 35.5. The lowest BCUT2D eigenvalue weighted by atomic mass is 9.76. The van der Waals surface area contributed by atoms with Crippen molar-refractivity contribution in [2.75, 3.05) is 25.6 Å². The van der Waals surface area contributed by atoms with E-state index < -0.39 is 24.3 Å². The van der Waals surface area contributed by atoms with Crippen molar-refractivity contribution in [3.05, 3.63) is 64.7 Å². The summed E-state index contributed by atoms with van der Waals surface area (Å²) >= 11 is 6.16. The van der Waals surface area contributed by atoms with Crippen molar-refractivity contribution in [3.63, 3.8) is 0 Å². The number of anilines is 1. The quantitative estimate of drug-likeness (QED) is 0.767. The lowest BCUT2D eigenvalue weighted by molar-refractivity contribution is -0.149. The van der Waals surface area contributed by atoms with Crippen LogP contribution in [0.5, 0.6) is 0 Å². The van der Waals surface area contributed by atoms with Gasteiger partial charge in [-0.05, 0) is 23.8 Å². The Balaban J connectivity index is 2.30. The van der Waals surface area contributed by atoms with Crippen LogP contribution in [0, 0.1) is 0 Å². The van der Waals surface area contributed by atoms with Gasteiger partial charge in [-0.1, -0.05) is 41.9 Å². The second-order valence-electron chi connectivity index (χ2n) is 6.29. The Morgan fingerprint density at radius 1 is 1.19 bits per heavy atom. The second kappa shape index (κ2) is 7.40. The molecule has 1 atom stereocenters. The van der Waals surface area contributed by atoms with Gasteiger partial charge in [0, 0.05) is 36.4 Å². The molecule has 2 aromatic rings. The summed E-state index contributed by atoms with van der Waals surface area (Å²) in [5.74, 6) is 0. The van der Waals surface area contributed by atoms with Gasteiger partial charge in [-0.15, -0.1) is 0 Å². The average molecular weight is 399 g/mol. The molecule has 0 aliphatic carbocycles. The van der Waals surface area contributed by atoms with Gasteiger partial charge in [-0.3, -0.25) is 0 Å². The molecule has 2 amide bonds. The van der Waals surface area contributed by atoms with E-state index in [-0.39, 0.29) is 13.0 Å². The fourth-order valence-corrected chi connectivity index (χ4v) is 3.72. The smallest absolute Gasteiger partial charge is 0.385 e. The molecule has 144 valence electrons. The van der Waals surface area contributed by atoms with Crippen molar-refractivity contribution in [2.45, 2.75) is 18.1 Å². The largest absolute Gasteiger partial charge is 0.406 e. The molecule has 2 aromatic carbocycles. The van der Waals surface area contributed by atoms with Gasteiger partial charge < -0.3 is 15.0 Å². The third-order valence-corrected chi connectivity index (χ3v) is 4.87. The number of rotatable bonds is 5. The fraction of sp³-hybridized carbons (Fsp3) is 0.316. The molecule has 0 fully saturated rings. The first-order chi connectivity index (χ1) is 12.8. The first-order valence-corrected chi connectivity index (χ1v) is 8.65. The van der Waals surface area contributed by atoms with Crippen molar-refractivity contribution >= 4 is 23.3 Å². The van der Waals surface area contributed by atoms with E-state index in [2.05, 4.69) is 5.32 Å². The summed E-state index contributed by atoms with van der Waals surface area (Å²) < 4.78 is 45.3. The van der Waals surface area contributed by atoms with Gasteiger partial charge in [-0.2, -0.15) is 13.2 Å². The number of nitrogens with one attached hydrogen (secondary N) is 1. The van der Waals surface area contributed by atoms with Crippen LogP contribution in [-0.4, -0.2) is 37.4 Å². The molecular formula is C19H18ClF3N2O2. The van der Waals surface area contributed by atoms with Crippen molar-refractivity contribution in [3.8, 4) is 0 Å². The number of ether oxygens (including phenoxy) is 1. The fourth-order valence-electron chi connectivity index (χ4n) is 3.54. The number of methoxy groups -OCH3 is 1. The Morgan fingerprint density at radius 3 is 2.52 bits per heavy atom. The van der Waals surface area contributed by atoms with E-state index >= 15 is 0 Å². The summed E-state index contributed by atoms with van der Waals surface area (Å²) in [6.45, 7) is -1.24. The molecule has 0 saturated carbocycles. The highest BCUT2D eigenvalue weighted by Gasteiger charge is 2.51. The van der Waals surface area contributed by atoms with Crippen LogP contribution in [0.4, 0.5) is 23.7 Å². The van der Waals surface area contributed by atoms with Gasteiger partial charge in [0.25, 0.3) is 0 Å². The van der Waals surface area contributed by atoms with Gasteiger partial charge in [-0.25, -0.2) is 4.79 Å². The standard InChI is InChI=1S/C19H18ClF3N2O2/c1-27-10-9-18(13-5-3-2-4-6-13)15-11-14(20)7-8-16(15)24-17(26)25(18)12-19(21,22)23/h2-8,11H,9-10,12H2,1H3,(H,24,26). The van der Waals surface area contributed by atoms with Gasteiger partial charge in [0.05, 0.1) is 5.54 Å². The molecule has 3 rings (SSSR count). The second-order valence-corrected chi connectivity index (χ2v) is 6.73. The molecule has 1 unspecified atom stereocenters. The van der Waals surface area contributed by atoms with Crippen molar-refractivity contribution in [1.82, 2.24) is 4.90 Å². The number of nitrogens with zero attached hydrogens (tertiary/aromatic N) is 1. The van der Waals surface area contributed by atoms with E-state index in [9.17, 15) is 18.0 Å². The molecule has 1 aliphatic heterocycles. The highest BCUT2D eigenvalue weighted by Crippen LogP contribution is 2.47. The molecule has 0 radical (unpaired) electrons. The number of carbonyl (C=O) groups is 1. The molecule has 0 aromatic heterocycles. The van der Waals surface area contributed by atoms with Crippen molar-refractivity contribution in [1.29, 1.82) is 0 Å². The summed E-state index contributed by atoms with van der Waals surface area (Å²) in [5, 5.41) is 2.92. The Bertz CT molecular complexity index is 829. The Kier molecular flexibility index (Phi) is 5.35. The predicted molar refractivity (Wildman–Crippen MR) is 96.9 cm³/mol. The predicted octanol–water partition coefficient (Wildman–Crippen LogP) is 5.03. The maximum Gasteiger partial charge on any atom is 0.406 e. The SMILES string of the molecule is COCCC1(c2ccccc2)c2cc(Cl)ccc2NC(=O)N1CC(F)(F)F. The zero-order valence-electron chi connectivity index (χ0n) is 14.5. The highest BCUT2D eigenvalue weighted by molar-refractivity contribution is 6.30. The molecular weight excluding hydrogens is 381 g/mol. The van der Waals surface area contributed by atoms with Crippen LogP contribution in [-0.2, 0) is 10.3 Å². The Morgan fingerprint density at radius 2 is 1.89 bits per heavy atom. The average Bonchev–Trinajstić information content (AvgIpc) is 2.62. The van der Waals surface area contributed by atoms with E-state index in [4.69, 9.17) is 16.3 Å². The molecule has 27 heavy (non-hydrogen) atoms. The summed E-state index contributed by atoms with van der Waals surface area (Å²) in [6, 6.07) is 12.6. The zero-order chi connectivity index (χ0) is 19.7. The molecule has 4 nitrogen and oxygen atoms in total. The van der Waals surface area contributed by atoms with Crippen LogP contribution < -0.4 is 5.32 Å². The first kappa shape index (κ1) is 19.5. The Labute approximate surface area is 159 Å². The molecule has 1 heterocycles. The third-order valence-electron chi connectivity index (χ3n) is 4.63. The van der Waals surface area contributed by atoms with E-state index in [1.807, 2.05) is 0 Å². The molecule has 0 spiro atoms. The van der Waals surface area contributed by atoms with Gasteiger partial charge in [0.15, 0.2) is 0 Å². The lowest BCUT2D eigenvalue weighted by Crippen LogP contribution is -2.58. The minimum Gasteiger partial charge on any atom is -0.385 e. The van der Waals surface area contributed by atoms with Gasteiger partial charge in [0.1, 0.15) is 6.54 Å². The van der Waals surface area contributed by atoms with Crippen LogP contribution in [0.2, 0.25) is 5.02 Å². The number of fused-ring (bicyclic) bond motifs is 1. The monoisotopic (exact) mass is 398 g/mol. The lowest BCUT2D eigenvalue weighted by Gasteiger charge is -2.48. The number of alkyl halides is 3.